The normalized spacial score (nSPS) is 24.3. The number of hydrogen-bond donors (Lipinski definition) is 2. The number of nitrogens with one attached hydrogen (secondary N) is 1. The quantitative estimate of drug-likeness (QED) is 0.807. The first-order valence-corrected chi connectivity index (χ1v) is 6.43. The number of aliphatic hydroxyl groups excluding tert-OH is 1. The lowest BCUT2D eigenvalue weighted by Gasteiger charge is -2.29. The molecular weight excluding hydrogens is 254 g/mol. The SMILES string of the molecule is OC1CCCCC1Nc1cc(Cl)nc2ncnn12. The summed E-state index contributed by atoms with van der Waals surface area (Å²) >= 11 is 5.94. The van der Waals surface area contributed by atoms with Gasteiger partial charge in [-0.1, -0.05) is 24.4 Å². The van der Waals surface area contributed by atoms with Crippen LogP contribution in [0.4, 0.5) is 5.82 Å². The second kappa shape index (κ2) is 4.70. The summed E-state index contributed by atoms with van der Waals surface area (Å²) in [4.78, 5) is 8.07. The van der Waals surface area contributed by atoms with Crippen molar-refractivity contribution in [2.75, 3.05) is 5.32 Å². The Morgan fingerprint density at radius 2 is 2.22 bits per heavy atom. The van der Waals surface area contributed by atoms with Crippen molar-refractivity contribution >= 4 is 23.2 Å². The first-order valence-electron chi connectivity index (χ1n) is 6.05. The lowest BCUT2D eigenvalue weighted by Crippen LogP contribution is -2.36. The molecule has 1 aliphatic rings. The lowest BCUT2D eigenvalue weighted by atomic mass is 9.93. The van der Waals surface area contributed by atoms with Gasteiger partial charge in [0.25, 0.3) is 5.78 Å². The van der Waals surface area contributed by atoms with Gasteiger partial charge in [-0.3, -0.25) is 0 Å². The Balaban J connectivity index is 1.91. The van der Waals surface area contributed by atoms with Crippen molar-refractivity contribution in [2.24, 2.45) is 0 Å². The molecule has 0 spiro atoms. The number of aromatic nitrogens is 4. The number of hydrogen-bond acceptors (Lipinski definition) is 5. The first-order chi connectivity index (χ1) is 8.74. The third-order valence-corrected chi connectivity index (χ3v) is 3.48. The van der Waals surface area contributed by atoms with E-state index in [9.17, 15) is 5.11 Å². The molecule has 0 bridgehead atoms. The van der Waals surface area contributed by atoms with Crippen LogP contribution < -0.4 is 5.32 Å². The third kappa shape index (κ3) is 2.13. The van der Waals surface area contributed by atoms with Gasteiger partial charge in [0, 0.05) is 6.07 Å². The molecule has 0 aromatic carbocycles. The third-order valence-electron chi connectivity index (χ3n) is 3.28. The summed E-state index contributed by atoms with van der Waals surface area (Å²) in [6, 6.07) is 1.73. The summed E-state index contributed by atoms with van der Waals surface area (Å²) in [6.07, 6.45) is 5.07. The van der Waals surface area contributed by atoms with E-state index in [1.807, 2.05) is 0 Å². The minimum Gasteiger partial charge on any atom is -0.391 e. The zero-order valence-electron chi connectivity index (χ0n) is 9.75. The first kappa shape index (κ1) is 11.7. The molecule has 6 nitrogen and oxygen atoms in total. The van der Waals surface area contributed by atoms with Gasteiger partial charge in [0.05, 0.1) is 12.1 Å². The maximum absolute atomic E-state index is 9.97. The van der Waals surface area contributed by atoms with Crippen molar-refractivity contribution in [3.8, 4) is 0 Å². The summed E-state index contributed by atoms with van der Waals surface area (Å²) in [6.45, 7) is 0. The van der Waals surface area contributed by atoms with Crippen molar-refractivity contribution in [3.63, 3.8) is 0 Å². The highest BCUT2D eigenvalue weighted by atomic mass is 35.5. The minimum atomic E-state index is -0.329. The molecule has 1 fully saturated rings. The van der Waals surface area contributed by atoms with Crippen molar-refractivity contribution in [1.29, 1.82) is 0 Å². The van der Waals surface area contributed by atoms with Crippen LogP contribution in [0.5, 0.6) is 0 Å². The van der Waals surface area contributed by atoms with Gasteiger partial charge in [0.15, 0.2) is 0 Å². The molecule has 2 aromatic heterocycles. The van der Waals surface area contributed by atoms with Gasteiger partial charge in [0.2, 0.25) is 0 Å². The number of rotatable bonds is 2. The van der Waals surface area contributed by atoms with Crippen molar-refractivity contribution < 1.29 is 5.11 Å². The van der Waals surface area contributed by atoms with Crippen molar-refractivity contribution in [2.45, 2.75) is 37.8 Å². The van der Waals surface area contributed by atoms with Crippen LogP contribution in [0.25, 0.3) is 5.78 Å². The van der Waals surface area contributed by atoms with E-state index in [1.54, 1.807) is 10.6 Å². The molecule has 2 aromatic rings. The molecule has 7 heteroatoms. The standard InChI is InChI=1S/C11H14ClN5O/c12-9-5-10(17-11(16-9)13-6-14-17)15-7-3-1-2-4-8(7)18/h5-8,15,18H,1-4H2. The summed E-state index contributed by atoms with van der Waals surface area (Å²) in [5, 5.41) is 17.7. The molecule has 3 rings (SSSR count). The predicted molar refractivity (Wildman–Crippen MR) is 67.7 cm³/mol. The molecule has 0 radical (unpaired) electrons. The van der Waals surface area contributed by atoms with Gasteiger partial charge in [-0.05, 0) is 12.8 Å². The highest BCUT2D eigenvalue weighted by Crippen LogP contribution is 2.23. The topological polar surface area (TPSA) is 75.3 Å². The minimum absolute atomic E-state index is 0.0321. The van der Waals surface area contributed by atoms with Crippen LogP contribution in [-0.4, -0.2) is 36.8 Å². The second-order valence-electron chi connectivity index (χ2n) is 4.54. The monoisotopic (exact) mass is 267 g/mol. The number of halogens is 1. The lowest BCUT2D eigenvalue weighted by molar-refractivity contribution is 0.116. The summed E-state index contributed by atoms with van der Waals surface area (Å²) in [7, 11) is 0. The average molecular weight is 268 g/mol. The Labute approximate surface area is 109 Å². The molecule has 2 heterocycles. The average Bonchev–Trinajstić information content (AvgIpc) is 2.80. The number of fused-ring (bicyclic) bond motifs is 1. The molecular formula is C11H14ClN5O. The Bertz CT molecular complexity index is 557. The second-order valence-corrected chi connectivity index (χ2v) is 4.93. The Morgan fingerprint density at radius 1 is 1.39 bits per heavy atom. The Kier molecular flexibility index (Phi) is 3.05. The maximum Gasteiger partial charge on any atom is 0.255 e. The van der Waals surface area contributed by atoms with Crippen LogP contribution in [0.15, 0.2) is 12.4 Å². The molecule has 96 valence electrons. The fraction of sp³-hybridized carbons (Fsp3) is 0.545. The van der Waals surface area contributed by atoms with Gasteiger partial charge in [0.1, 0.15) is 17.3 Å². The van der Waals surface area contributed by atoms with E-state index < -0.39 is 0 Å². The summed E-state index contributed by atoms with van der Waals surface area (Å²) < 4.78 is 1.59. The molecule has 2 atom stereocenters. The van der Waals surface area contributed by atoms with Crippen LogP contribution in [0.3, 0.4) is 0 Å². The van der Waals surface area contributed by atoms with Gasteiger partial charge in [-0.25, -0.2) is 0 Å². The van der Waals surface area contributed by atoms with Crippen molar-refractivity contribution in [1.82, 2.24) is 19.6 Å². The summed E-state index contributed by atoms with van der Waals surface area (Å²) in [5.74, 6) is 1.17. The highest BCUT2D eigenvalue weighted by Gasteiger charge is 2.23. The van der Waals surface area contributed by atoms with E-state index in [0.29, 0.717) is 16.7 Å². The van der Waals surface area contributed by atoms with Crippen LogP contribution in [0, 0.1) is 0 Å². The van der Waals surface area contributed by atoms with E-state index >= 15 is 0 Å². The van der Waals surface area contributed by atoms with Gasteiger partial charge in [-0.2, -0.15) is 19.6 Å². The molecule has 0 saturated heterocycles. The number of nitrogens with zero attached hydrogens (tertiary/aromatic N) is 4. The molecule has 0 amide bonds. The van der Waals surface area contributed by atoms with Gasteiger partial charge < -0.3 is 10.4 Å². The van der Waals surface area contributed by atoms with Crippen LogP contribution in [0.2, 0.25) is 5.15 Å². The van der Waals surface area contributed by atoms with E-state index in [4.69, 9.17) is 11.6 Å². The highest BCUT2D eigenvalue weighted by molar-refractivity contribution is 6.29. The van der Waals surface area contributed by atoms with Crippen LogP contribution >= 0.6 is 11.6 Å². The van der Waals surface area contributed by atoms with E-state index in [1.165, 1.54) is 6.33 Å². The fourth-order valence-electron chi connectivity index (χ4n) is 2.36. The largest absolute Gasteiger partial charge is 0.391 e. The smallest absolute Gasteiger partial charge is 0.255 e. The number of anilines is 1. The molecule has 0 aliphatic heterocycles. The molecule has 2 N–H and O–H groups in total. The van der Waals surface area contributed by atoms with Gasteiger partial charge in [-0.15, -0.1) is 0 Å². The Hall–Kier alpha value is -1.40. The predicted octanol–water partition coefficient (Wildman–Crippen LogP) is 1.49. The molecule has 18 heavy (non-hydrogen) atoms. The summed E-state index contributed by atoms with van der Waals surface area (Å²) in [5.41, 5.74) is 0. The van der Waals surface area contributed by atoms with Crippen LogP contribution in [-0.2, 0) is 0 Å². The van der Waals surface area contributed by atoms with Gasteiger partial charge >= 0.3 is 0 Å². The number of aliphatic hydroxyl groups is 1. The zero-order chi connectivity index (χ0) is 12.5. The van der Waals surface area contributed by atoms with Crippen LogP contribution in [0.1, 0.15) is 25.7 Å². The molecule has 1 saturated carbocycles. The van der Waals surface area contributed by atoms with E-state index in [2.05, 4.69) is 20.4 Å². The Morgan fingerprint density at radius 3 is 3.06 bits per heavy atom. The van der Waals surface area contributed by atoms with E-state index in [-0.39, 0.29) is 12.1 Å². The maximum atomic E-state index is 9.97. The van der Waals surface area contributed by atoms with E-state index in [0.717, 1.165) is 25.7 Å². The zero-order valence-corrected chi connectivity index (χ0v) is 10.5. The molecule has 1 aliphatic carbocycles. The van der Waals surface area contributed by atoms with Crippen molar-refractivity contribution in [3.05, 3.63) is 17.5 Å². The molecule has 2 unspecified atom stereocenters. The fourth-order valence-corrected chi connectivity index (χ4v) is 2.53.